The van der Waals surface area contributed by atoms with Crippen molar-refractivity contribution < 1.29 is 18.8 Å². The Morgan fingerprint density at radius 1 is 1.14 bits per heavy atom. The highest BCUT2D eigenvalue weighted by Crippen LogP contribution is 2.39. The average molecular weight is 330 g/mol. The number of hydrogen-bond donors (Lipinski definition) is 0. The molecule has 1 fully saturated rings. The Morgan fingerprint density at radius 2 is 1.68 bits per heavy atom. The van der Waals surface area contributed by atoms with Gasteiger partial charge in [0.2, 0.25) is 0 Å². The van der Waals surface area contributed by atoms with Crippen molar-refractivity contribution in [1.82, 2.24) is 4.90 Å². The molecule has 2 atom stereocenters. The van der Waals surface area contributed by atoms with Crippen molar-refractivity contribution in [1.29, 1.82) is 0 Å². The molecule has 0 aliphatic carbocycles. The van der Waals surface area contributed by atoms with Gasteiger partial charge in [0.05, 0.1) is 12.0 Å². The zero-order valence-corrected chi connectivity index (χ0v) is 16.2. The SMILES string of the molecule is CC(C)(C)OC(=O)N1CC(O[Si](C)(C)C(C)(C)C)[C@H](C=O)C1. The summed E-state index contributed by atoms with van der Waals surface area (Å²) in [7, 11) is -1.98. The normalized spacial score (nSPS) is 23.5. The smallest absolute Gasteiger partial charge is 0.410 e. The second-order valence-electron chi connectivity index (χ2n) is 8.60. The lowest BCUT2D eigenvalue weighted by molar-refractivity contribution is -0.112. The molecule has 1 heterocycles. The minimum Gasteiger partial charge on any atom is -0.444 e. The zero-order chi connectivity index (χ0) is 17.3. The molecule has 128 valence electrons. The standard InChI is InChI=1S/C16H31NO4Si/c1-15(2,3)20-14(19)17-9-12(11-18)13(10-17)21-22(7,8)16(4,5)6/h11-13H,9-10H2,1-8H3/t12-,13?/m0/s1. The van der Waals surface area contributed by atoms with Gasteiger partial charge in [-0.2, -0.15) is 0 Å². The van der Waals surface area contributed by atoms with Gasteiger partial charge in [-0.25, -0.2) is 4.79 Å². The van der Waals surface area contributed by atoms with E-state index in [2.05, 4.69) is 33.9 Å². The molecule has 1 unspecified atom stereocenters. The lowest BCUT2D eigenvalue weighted by atomic mass is 10.1. The van der Waals surface area contributed by atoms with Crippen LogP contribution in [0.15, 0.2) is 0 Å². The number of nitrogens with zero attached hydrogens (tertiary/aromatic N) is 1. The van der Waals surface area contributed by atoms with Crippen molar-refractivity contribution >= 4 is 20.7 Å². The van der Waals surface area contributed by atoms with E-state index in [1.165, 1.54) is 0 Å². The maximum Gasteiger partial charge on any atom is 0.410 e. The molecule has 1 rings (SSSR count). The van der Waals surface area contributed by atoms with Crippen molar-refractivity contribution in [3.8, 4) is 0 Å². The van der Waals surface area contributed by atoms with Gasteiger partial charge in [0.15, 0.2) is 8.32 Å². The first kappa shape index (κ1) is 19.2. The van der Waals surface area contributed by atoms with E-state index in [0.29, 0.717) is 13.1 Å². The van der Waals surface area contributed by atoms with Crippen LogP contribution in [0.5, 0.6) is 0 Å². The van der Waals surface area contributed by atoms with E-state index < -0.39 is 13.9 Å². The van der Waals surface area contributed by atoms with Gasteiger partial charge >= 0.3 is 6.09 Å². The van der Waals surface area contributed by atoms with E-state index >= 15 is 0 Å². The molecular weight excluding hydrogens is 298 g/mol. The van der Waals surface area contributed by atoms with E-state index in [1.807, 2.05) is 20.8 Å². The van der Waals surface area contributed by atoms with E-state index in [4.69, 9.17) is 9.16 Å². The molecule has 22 heavy (non-hydrogen) atoms. The minimum absolute atomic E-state index is 0.0692. The summed E-state index contributed by atoms with van der Waals surface area (Å²) in [5.74, 6) is -0.276. The van der Waals surface area contributed by atoms with Crippen LogP contribution < -0.4 is 0 Å². The van der Waals surface area contributed by atoms with Gasteiger partial charge in [-0.1, -0.05) is 20.8 Å². The Bertz CT molecular complexity index is 423. The Morgan fingerprint density at radius 3 is 2.09 bits per heavy atom. The molecule has 0 bridgehead atoms. The second-order valence-corrected chi connectivity index (χ2v) is 13.4. The summed E-state index contributed by atoms with van der Waals surface area (Å²) in [6.07, 6.45) is 0.300. The topological polar surface area (TPSA) is 55.8 Å². The summed E-state index contributed by atoms with van der Waals surface area (Å²) in [6, 6.07) is 0. The molecule has 0 aromatic carbocycles. The largest absolute Gasteiger partial charge is 0.444 e. The number of carbonyl (C=O) groups excluding carboxylic acids is 2. The molecular formula is C16H31NO4Si. The fourth-order valence-corrected chi connectivity index (χ4v) is 3.45. The van der Waals surface area contributed by atoms with Crippen molar-refractivity contribution in [2.24, 2.45) is 5.92 Å². The molecule has 0 saturated carbocycles. The second kappa shape index (κ2) is 6.32. The maximum atomic E-state index is 12.2. The fourth-order valence-electron chi connectivity index (χ4n) is 2.09. The van der Waals surface area contributed by atoms with Gasteiger partial charge in [-0.15, -0.1) is 0 Å². The maximum absolute atomic E-state index is 12.2. The lowest BCUT2D eigenvalue weighted by Gasteiger charge is -2.39. The molecule has 1 aliphatic heterocycles. The molecule has 0 aromatic rings. The van der Waals surface area contributed by atoms with E-state index in [9.17, 15) is 9.59 Å². The molecule has 1 saturated heterocycles. The predicted molar refractivity (Wildman–Crippen MR) is 89.4 cm³/mol. The number of rotatable bonds is 3. The highest BCUT2D eigenvalue weighted by atomic mass is 28.4. The van der Waals surface area contributed by atoms with Crippen molar-refractivity contribution in [2.75, 3.05) is 13.1 Å². The Hall–Kier alpha value is -0.883. The van der Waals surface area contributed by atoms with Crippen LogP contribution >= 0.6 is 0 Å². The van der Waals surface area contributed by atoms with Crippen molar-refractivity contribution in [2.45, 2.75) is 71.4 Å². The number of carbonyl (C=O) groups is 2. The van der Waals surface area contributed by atoms with Crippen LogP contribution in [0.2, 0.25) is 18.1 Å². The Labute approximate surface area is 135 Å². The number of aldehydes is 1. The van der Waals surface area contributed by atoms with Crippen LogP contribution in [-0.4, -0.2) is 50.4 Å². The van der Waals surface area contributed by atoms with E-state index in [-0.39, 0.29) is 23.2 Å². The van der Waals surface area contributed by atoms with Gasteiger partial charge in [-0.05, 0) is 38.9 Å². The monoisotopic (exact) mass is 329 g/mol. The third-order valence-electron chi connectivity index (χ3n) is 4.39. The highest BCUT2D eigenvalue weighted by Gasteiger charge is 2.45. The van der Waals surface area contributed by atoms with Crippen molar-refractivity contribution in [3.05, 3.63) is 0 Å². The van der Waals surface area contributed by atoms with Gasteiger partial charge in [0, 0.05) is 13.1 Å². The number of ether oxygens (including phenoxy) is 1. The first-order valence-electron chi connectivity index (χ1n) is 7.88. The van der Waals surface area contributed by atoms with Crippen LogP contribution in [0, 0.1) is 5.92 Å². The first-order valence-corrected chi connectivity index (χ1v) is 10.8. The van der Waals surface area contributed by atoms with Crippen LogP contribution in [0.1, 0.15) is 41.5 Å². The number of amides is 1. The third kappa shape index (κ3) is 4.81. The summed E-state index contributed by atoms with van der Waals surface area (Å²) >= 11 is 0. The van der Waals surface area contributed by atoms with Gasteiger partial charge in [0.25, 0.3) is 0 Å². The Balaban J connectivity index is 2.78. The predicted octanol–water partition coefficient (Wildman–Crippen LogP) is 3.44. The summed E-state index contributed by atoms with van der Waals surface area (Å²) in [4.78, 5) is 25.1. The first-order chi connectivity index (χ1) is 9.77. The molecule has 0 spiro atoms. The quantitative estimate of drug-likeness (QED) is 0.588. The lowest BCUT2D eigenvalue weighted by Crippen LogP contribution is -2.46. The Kier molecular flexibility index (Phi) is 5.50. The van der Waals surface area contributed by atoms with Crippen LogP contribution in [0.4, 0.5) is 4.79 Å². The molecule has 6 heteroatoms. The molecule has 1 amide bonds. The molecule has 5 nitrogen and oxygen atoms in total. The fraction of sp³-hybridized carbons (Fsp3) is 0.875. The molecule has 0 radical (unpaired) electrons. The van der Waals surface area contributed by atoms with Gasteiger partial charge in [-0.3, -0.25) is 0 Å². The van der Waals surface area contributed by atoms with Crippen LogP contribution in [0.25, 0.3) is 0 Å². The summed E-state index contributed by atoms with van der Waals surface area (Å²) in [5.41, 5.74) is -0.536. The van der Waals surface area contributed by atoms with Crippen molar-refractivity contribution in [3.63, 3.8) is 0 Å². The molecule has 1 aliphatic rings. The summed E-state index contributed by atoms with van der Waals surface area (Å²) in [5, 5.41) is 0.0692. The number of hydrogen-bond acceptors (Lipinski definition) is 4. The van der Waals surface area contributed by atoms with Gasteiger partial charge in [0.1, 0.15) is 11.9 Å². The van der Waals surface area contributed by atoms with E-state index in [1.54, 1.807) is 4.90 Å². The third-order valence-corrected chi connectivity index (χ3v) is 8.89. The van der Waals surface area contributed by atoms with Crippen LogP contribution in [0.3, 0.4) is 0 Å². The summed E-state index contributed by atoms with van der Waals surface area (Å²) < 4.78 is 11.7. The minimum atomic E-state index is -1.98. The highest BCUT2D eigenvalue weighted by molar-refractivity contribution is 6.74. The van der Waals surface area contributed by atoms with E-state index in [0.717, 1.165) is 6.29 Å². The van der Waals surface area contributed by atoms with Crippen LogP contribution in [-0.2, 0) is 14.0 Å². The van der Waals surface area contributed by atoms with Gasteiger partial charge < -0.3 is 18.9 Å². The molecule has 0 N–H and O–H groups in total. The summed E-state index contributed by atoms with van der Waals surface area (Å²) in [6.45, 7) is 17.1. The molecule has 0 aromatic heterocycles. The average Bonchev–Trinajstić information content (AvgIpc) is 2.67. The number of likely N-dealkylation sites (tertiary alicyclic amines) is 1. The zero-order valence-electron chi connectivity index (χ0n) is 15.2.